The van der Waals surface area contributed by atoms with Gasteiger partial charge in [0.25, 0.3) is 0 Å². The first-order valence-electron chi connectivity index (χ1n) is 7.74. The Kier molecular flexibility index (Phi) is 4.87. The molecule has 1 heterocycles. The van der Waals surface area contributed by atoms with E-state index in [9.17, 15) is 0 Å². The van der Waals surface area contributed by atoms with Gasteiger partial charge in [-0.25, -0.2) is 0 Å². The lowest BCUT2D eigenvalue weighted by Crippen LogP contribution is -2.38. The molecular formula is C18H28O2. The first kappa shape index (κ1) is 15.5. The Morgan fingerprint density at radius 1 is 1.15 bits per heavy atom. The molecule has 1 fully saturated rings. The van der Waals surface area contributed by atoms with Gasteiger partial charge in [-0.1, -0.05) is 65.0 Å². The van der Waals surface area contributed by atoms with E-state index in [1.807, 2.05) is 6.07 Å². The topological polar surface area (TPSA) is 18.5 Å². The molecule has 2 rings (SSSR count). The van der Waals surface area contributed by atoms with Crippen molar-refractivity contribution in [1.29, 1.82) is 0 Å². The highest BCUT2D eigenvalue weighted by Gasteiger charge is 2.46. The summed E-state index contributed by atoms with van der Waals surface area (Å²) in [5, 5.41) is 0. The molecule has 2 heteroatoms. The maximum Gasteiger partial charge on any atom is 0.0896 e. The fraction of sp³-hybridized carbons (Fsp3) is 0.667. The van der Waals surface area contributed by atoms with Crippen LogP contribution in [-0.4, -0.2) is 18.3 Å². The van der Waals surface area contributed by atoms with Gasteiger partial charge in [0.05, 0.1) is 24.9 Å². The fourth-order valence-corrected chi connectivity index (χ4v) is 3.05. The van der Waals surface area contributed by atoms with Crippen LogP contribution in [0.5, 0.6) is 0 Å². The summed E-state index contributed by atoms with van der Waals surface area (Å²) in [6, 6.07) is 10.4. The summed E-state index contributed by atoms with van der Waals surface area (Å²) in [6.07, 6.45) is 1.73. The molecule has 1 aromatic carbocycles. The zero-order valence-electron chi connectivity index (χ0n) is 13.4. The molecule has 0 N–H and O–H groups in total. The summed E-state index contributed by atoms with van der Waals surface area (Å²) < 4.78 is 12.5. The summed E-state index contributed by atoms with van der Waals surface area (Å²) in [7, 11) is 0. The van der Waals surface area contributed by atoms with Crippen LogP contribution in [0, 0.1) is 11.3 Å². The molecule has 0 saturated carbocycles. The van der Waals surface area contributed by atoms with Crippen LogP contribution < -0.4 is 0 Å². The van der Waals surface area contributed by atoms with E-state index >= 15 is 0 Å². The number of rotatable bonds is 4. The molecule has 4 atom stereocenters. The second-order valence-corrected chi connectivity index (χ2v) is 6.99. The van der Waals surface area contributed by atoms with E-state index in [-0.39, 0.29) is 17.6 Å². The van der Waals surface area contributed by atoms with Crippen LogP contribution in [0.4, 0.5) is 0 Å². The largest absolute Gasteiger partial charge is 0.371 e. The lowest BCUT2D eigenvalue weighted by atomic mass is 9.83. The van der Waals surface area contributed by atoms with Crippen molar-refractivity contribution in [2.24, 2.45) is 11.3 Å². The highest BCUT2D eigenvalue weighted by molar-refractivity contribution is 5.13. The van der Waals surface area contributed by atoms with Gasteiger partial charge in [0.2, 0.25) is 0 Å². The molecule has 1 aromatic rings. The van der Waals surface area contributed by atoms with Crippen LogP contribution >= 0.6 is 0 Å². The van der Waals surface area contributed by atoms with E-state index in [2.05, 4.69) is 58.9 Å². The lowest BCUT2D eigenvalue weighted by molar-refractivity contribution is -0.0796. The zero-order chi connectivity index (χ0) is 14.8. The maximum atomic E-state index is 6.26. The third-order valence-electron chi connectivity index (χ3n) is 4.27. The van der Waals surface area contributed by atoms with Crippen molar-refractivity contribution >= 4 is 0 Å². The molecule has 112 valence electrons. The Bertz CT molecular complexity index is 407. The maximum absolute atomic E-state index is 6.26. The molecule has 0 radical (unpaired) electrons. The number of ether oxygens (including phenoxy) is 2. The van der Waals surface area contributed by atoms with E-state index in [4.69, 9.17) is 9.47 Å². The predicted molar refractivity (Wildman–Crippen MR) is 82.6 cm³/mol. The van der Waals surface area contributed by atoms with Crippen LogP contribution in [0.15, 0.2) is 30.3 Å². The standard InChI is InChI=1S/C18H28O2/c1-6-15-13(2)16(17(20-15)18(3,4)5)19-12-14-10-8-7-9-11-14/h7-11,13,15-17H,6,12H2,1-5H3. The molecule has 4 unspecified atom stereocenters. The van der Waals surface area contributed by atoms with E-state index < -0.39 is 0 Å². The van der Waals surface area contributed by atoms with Gasteiger partial charge in [-0.2, -0.15) is 0 Å². The molecule has 0 bridgehead atoms. The van der Waals surface area contributed by atoms with Crippen LogP contribution in [0.3, 0.4) is 0 Å². The molecule has 20 heavy (non-hydrogen) atoms. The van der Waals surface area contributed by atoms with E-state index in [0.29, 0.717) is 18.6 Å². The van der Waals surface area contributed by atoms with Crippen LogP contribution in [0.25, 0.3) is 0 Å². The average Bonchev–Trinajstić information content (AvgIpc) is 2.74. The quantitative estimate of drug-likeness (QED) is 0.810. The summed E-state index contributed by atoms with van der Waals surface area (Å²) >= 11 is 0. The van der Waals surface area contributed by atoms with E-state index in [1.165, 1.54) is 5.56 Å². The van der Waals surface area contributed by atoms with Crippen molar-refractivity contribution < 1.29 is 9.47 Å². The SMILES string of the molecule is CCC1OC(C(C)(C)C)C(OCc2ccccc2)C1C. The Morgan fingerprint density at radius 2 is 1.80 bits per heavy atom. The number of hydrogen-bond acceptors (Lipinski definition) is 2. The van der Waals surface area contributed by atoms with Gasteiger partial charge in [0.15, 0.2) is 0 Å². The van der Waals surface area contributed by atoms with Gasteiger partial charge < -0.3 is 9.47 Å². The van der Waals surface area contributed by atoms with Crippen LogP contribution in [-0.2, 0) is 16.1 Å². The second-order valence-electron chi connectivity index (χ2n) is 6.99. The molecule has 0 spiro atoms. The van der Waals surface area contributed by atoms with Gasteiger partial charge in [0, 0.05) is 5.92 Å². The highest BCUT2D eigenvalue weighted by Crippen LogP contribution is 2.40. The summed E-state index contributed by atoms with van der Waals surface area (Å²) in [4.78, 5) is 0. The first-order chi connectivity index (χ1) is 9.43. The first-order valence-corrected chi connectivity index (χ1v) is 7.74. The molecular weight excluding hydrogens is 248 g/mol. The molecule has 2 nitrogen and oxygen atoms in total. The Hall–Kier alpha value is -0.860. The molecule has 0 amide bonds. The van der Waals surface area contributed by atoms with Gasteiger partial charge in [-0.05, 0) is 17.4 Å². The Labute approximate surface area is 123 Å². The second kappa shape index (κ2) is 6.28. The fourth-order valence-electron chi connectivity index (χ4n) is 3.05. The Morgan fingerprint density at radius 3 is 2.35 bits per heavy atom. The minimum atomic E-state index is 0.111. The van der Waals surface area contributed by atoms with Crippen molar-refractivity contribution in [3.05, 3.63) is 35.9 Å². The van der Waals surface area contributed by atoms with Gasteiger partial charge in [-0.15, -0.1) is 0 Å². The van der Waals surface area contributed by atoms with E-state index in [1.54, 1.807) is 0 Å². The number of hydrogen-bond donors (Lipinski definition) is 0. The minimum absolute atomic E-state index is 0.111. The third kappa shape index (κ3) is 3.42. The smallest absolute Gasteiger partial charge is 0.0896 e. The average molecular weight is 276 g/mol. The molecule has 1 aliphatic rings. The van der Waals surface area contributed by atoms with Crippen LogP contribution in [0.2, 0.25) is 0 Å². The third-order valence-corrected chi connectivity index (χ3v) is 4.27. The van der Waals surface area contributed by atoms with Crippen molar-refractivity contribution in [2.45, 2.75) is 66.0 Å². The zero-order valence-corrected chi connectivity index (χ0v) is 13.4. The van der Waals surface area contributed by atoms with Gasteiger partial charge in [0.1, 0.15) is 0 Å². The monoisotopic (exact) mass is 276 g/mol. The number of benzene rings is 1. The van der Waals surface area contributed by atoms with Gasteiger partial charge >= 0.3 is 0 Å². The summed E-state index contributed by atoms with van der Waals surface area (Å²) in [5.41, 5.74) is 1.34. The highest BCUT2D eigenvalue weighted by atomic mass is 16.6. The normalized spacial score (nSPS) is 30.6. The predicted octanol–water partition coefficient (Wildman–Crippen LogP) is 4.43. The summed E-state index contributed by atoms with van der Waals surface area (Å²) in [6.45, 7) is 11.8. The van der Waals surface area contributed by atoms with Crippen LogP contribution in [0.1, 0.15) is 46.6 Å². The minimum Gasteiger partial charge on any atom is -0.371 e. The van der Waals surface area contributed by atoms with Crippen molar-refractivity contribution in [3.63, 3.8) is 0 Å². The van der Waals surface area contributed by atoms with Crippen molar-refractivity contribution in [1.82, 2.24) is 0 Å². The molecule has 0 aromatic heterocycles. The lowest BCUT2D eigenvalue weighted by Gasteiger charge is -2.32. The molecule has 0 aliphatic carbocycles. The van der Waals surface area contributed by atoms with E-state index in [0.717, 1.165) is 6.42 Å². The van der Waals surface area contributed by atoms with Crippen molar-refractivity contribution in [2.75, 3.05) is 0 Å². The molecule has 1 aliphatic heterocycles. The Balaban J connectivity index is 2.06. The molecule has 1 saturated heterocycles. The summed E-state index contributed by atoms with van der Waals surface area (Å²) in [5.74, 6) is 0.452. The van der Waals surface area contributed by atoms with Gasteiger partial charge in [-0.3, -0.25) is 0 Å². The van der Waals surface area contributed by atoms with Crippen molar-refractivity contribution in [3.8, 4) is 0 Å².